The van der Waals surface area contributed by atoms with Gasteiger partial charge in [0.2, 0.25) is 5.91 Å². The Morgan fingerprint density at radius 1 is 1.31 bits per heavy atom. The van der Waals surface area contributed by atoms with Crippen molar-refractivity contribution in [2.24, 2.45) is 5.92 Å². The maximum atomic E-state index is 12.1. The van der Waals surface area contributed by atoms with Crippen LogP contribution in [0, 0.1) is 10.7 Å². The van der Waals surface area contributed by atoms with Gasteiger partial charge in [0.25, 0.3) is 5.56 Å². The summed E-state index contributed by atoms with van der Waals surface area (Å²) < 4.78 is 12.2. The highest BCUT2D eigenvalue weighted by Gasteiger charge is 2.16. The number of hydrogen-bond donors (Lipinski definition) is 3. The van der Waals surface area contributed by atoms with E-state index in [1.54, 1.807) is 40.2 Å². The van der Waals surface area contributed by atoms with Gasteiger partial charge in [0, 0.05) is 5.92 Å². The van der Waals surface area contributed by atoms with Crippen LogP contribution in [0.5, 0.6) is 11.5 Å². The first-order chi connectivity index (χ1) is 12.3. The molecule has 8 nitrogen and oxygen atoms in total. The van der Waals surface area contributed by atoms with Gasteiger partial charge in [-0.2, -0.15) is 0 Å². The lowest BCUT2D eigenvalue weighted by Crippen LogP contribution is -2.27. The number of carbonyl (C=O) groups is 1. The highest BCUT2D eigenvalue weighted by Crippen LogP contribution is 2.28. The maximum absolute atomic E-state index is 12.1. The lowest BCUT2D eigenvalue weighted by atomic mass is 10.2. The van der Waals surface area contributed by atoms with E-state index in [9.17, 15) is 9.59 Å². The second kappa shape index (κ2) is 8.05. The molecule has 0 aliphatic carbocycles. The number of amides is 1. The van der Waals surface area contributed by atoms with Gasteiger partial charge in [-0.25, -0.2) is 0 Å². The van der Waals surface area contributed by atoms with Crippen LogP contribution < -0.4 is 26.1 Å². The summed E-state index contributed by atoms with van der Waals surface area (Å²) in [6.45, 7) is 3.73. The fourth-order valence-corrected chi connectivity index (χ4v) is 2.55. The normalized spacial score (nSPS) is 10.7. The SMILES string of the molecule is COc1ccc(Cn2c(N)c(NC(=O)C(C)C)c(=O)[nH]c2=S)cc1OC. The molecule has 0 aliphatic heterocycles. The van der Waals surface area contributed by atoms with Gasteiger partial charge < -0.3 is 20.5 Å². The summed E-state index contributed by atoms with van der Waals surface area (Å²) in [4.78, 5) is 26.6. The first-order valence-electron chi connectivity index (χ1n) is 7.92. The number of ether oxygens (including phenoxy) is 2. The number of carbonyl (C=O) groups excluding carboxylic acids is 1. The molecule has 0 saturated carbocycles. The quantitative estimate of drug-likeness (QED) is 0.664. The highest BCUT2D eigenvalue weighted by molar-refractivity contribution is 7.71. The number of rotatable bonds is 6. The molecule has 0 aliphatic rings. The molecular formula is C17H22N4O4S. The van der Waals surface area contributed by atoms with Gasteiger partial charge in [-0.15, -0.1) is 0 Å². The first-order valence-corrected chi connectivity index (χ1v) is 8.33. The van der Waals surface area contributed by atoms with Crippen LogP contribution in [0.3, 0.4) is 0 Å². The van der Waals surface area contributed by atoms with Crippen molar-refractivity contribution in [3.63, 3.8) is 0 Å². The lowest BCUT2D eigenvalue weighted by molar-refractivity contribution is -0.118. The first kappa shape index (κ1) is 19.5. The number of nitrogens with two attached hydrogens (primary N) is 1. The summed E-state index contributed by atoms with van der Waals surface area (Å²) in [5.41, 5.74) is 6.39. The van der Waals surface area contributed by atoms with Crippen molar-refractivity contribution in [2.75, 3.05) is 25.3 Å². The zero-order chi connectivity index (χ0) is 19.4. The molecule has 1 aromatic heterocycles. The number of nitrogens with one attached hydrogen (secondary N) is 2. The number of anilines is 2. The van der Waals surface area contributed by atoms with Gasteiger partial charge in [-0.3, -0.25) is 19.1 Å². The van der Waals surface area contributed by atoms with Crippen LogP contribution in [0.2, 0.25) is 0 Å². The van der Waals surface area contributed by atoms with E-state index in [0.29, 0.717) is 11.5 Å². The maximum Gasteiger partial charge on any atom is 0.277 e. The van der Waals surface area contributed by atoms with Gasteiger partial charge in [0.1, 0.15) is 11.5 Å². The second-order valence-electron chi connectivity index (χ2n) is 5.94. The summed E-state index contributed by atoms with van der Waals surface area (Å²) in [6.07, 6.45) is 0. The fourth-order valence-electron chi connectivity index (χ4n) is 2.29. The number of methoxy groups -OCH3 is 2. The molecule has 0 bridgehead atoms. The minimum atomic E-state index is -0.537. The highest BCUT2D eigenvalue weighted by atomic mass is 32.1. The largest absolute Gasteiger partial charge is 0.493 e. The topological polar surface area (TPSA) is 111 Å². The van der Waals surface area contributed by atoms with Gasteiger partial charge in [-0.05, 0) is 29.9 Å². The van der Waals surface area contributed by atoms with Gasteiger partial charge in [0.15, 0.2) is 16.3 Å². The Hall–Kier alpha value is -2.81. The van der Waals surface area contributed by atoms with Crippen LogP contribution in [-0.4, -0.2) is 29.7 Å². The van der Waals surface area contributed by atoms with E-state index in [0.717, 1.165) is 5.56 Å². The zero-order valence-corrected chi connectivity index (χ0v) is 15.9. The molecule has 26 heavy (non-hydrogen) atoms. The van der Waals surface area contributed by atoms with Gasteiger partial charge in [0.05, 0.1) is 20.8 Å². The third kappa shape index (κ3) is 4.05. The van der Waals surface area contributed by atoms with E-state index in [1.807, 2.05) is 6.07 Å². The summed E-state index contributed by atoms with van der Waals surface area (Å²) in [5, 5.41) is 2.55. The van der Waals surface area contributed by atoms with Crippen molar-refractivity contribution in [3.05, 3.63) is 38.9 Å². The van der Waals surface area contributed by atoms with Crippen LogP contribution in [0.1, 0.15) is 19.4 Å². The summed E-state index contributed by atoms with van der Waals surface area (Å²) in [6, 6.07) is 5.39. The molecule has 0 fully saturated rings. The predicted octanol–water partition coefficient (Wildman–Crippen LogP) is 2.15. The molecule has 0 unspecified atom stereocenters. The average molecular weight is 378 g/mol. The Kier molecular flexibility index (Phi) is 6.04. The van der Waals surface area contributed by atoms with Crippen LogP contribution in [0.15, 0.2) is 23.0 Å². The number of hydrogen-bond acceptors (Lipinski definition) is 6. The summed E-state index contributed by atoms with van der Waals surface area (Å²) in [5.74, 6) is 0.641. The van der Waals surface area contributed by atoms with Crippen LogP contribution in [0.25, 0.3) is 0 Å². The monoisotopic (exact) mass is 378 g/mol. The Morgan fingerprint density at radius 2 is 1.96 bits per heavy atom. The predicted molar refractivity (Wildman–Crippen MR) is 102 cm³/mol. The molecule has 1 heterocycles. The third-order valence-electron chi connectivity index (χ3n) is 3.80. The van der Waals surface area contributed by atoms with E-state index in [-0.39, 0.29) is 34.6 Å². The average Bonchev–Trinajstić information content (AvgIpc) is 2.61. The second-order valence-corrected chi connectivity index (χ2v) is 6.33. The molecular weight excluding hydrogens is 356 g/mol. The van der Waals surface area contributed by atoms with E-state index < -0.39 is 5.56 Å². The minimum absolute atomic E-state index is 0.0159. The van der Waals surface area contributed by atoms with Crippen LogP contribution >= 0.6 is 12.2 Å². The number of nitrogen functional groups attached to an aromatic ring is 1. The molecule has 0 saturated heterocycles. The van der Waals surface area contributed by atoms with Crippen molar-refractivity contribution in [1.82, 2.24) is 9.55 Å². The van der Waals surface area contributed by atoms with Gasteiger partial charge in [-0.1, -0.05) is 19.9 Å². The molecule has 140 valence electrons. The number of nitrogens with zero attached hydrogens (tertiary/aromatic N) is 1. The zero-order valence-electron chi connectivity index (χ0n) is 15.1. The summed E-state index contributed by atoms with van der Waals surface area (Å²) >= 11 is 5.22. The van der Waals surface area contributed by atoms with Crippen molar-refractivity contribution < 1.29 is 14.3 Å². The Morgan fingerprint density at radius 3 is 2.54 bits per heavy atom. The minimum Gasteiger partial charge on any atom is -0.493 e. The Balaban J connectivity index is 2.46. The van der Waals surface area contributed by atoms with Crippen LogP contribution in [0.4, 0.5) is 11.5 Å². The van der Waals surface area contributed by atoms with Crippen molar-refractivity contribution in [2.45, 2.75) is 20.4 Å². The Bertz CT molecular complexity index is 933. The third-order valence-corrected chi connectivity index (χ3v) is 4.12. The number of aromatic amines is 1. The van der Waals surface area contributed by atoms with Crippen LogP contribution in [-0.2, 0) is 11.3 Å². The number of benzene rings is 1. The van der Waals surface area contributed by atoms with E-state index in [2.05, 4.69) is 10.3 Å². The van der Waals surface area contributed by atoms with E-state index in [4.69, 9.17) is 27.4 Å². The fraction of sp³-hybridized carbons (Fsp3) is 0.353. The van der Waals surface area contributed by atoms with Crippen molar-refractivity contribution in [1.29, 1.82) is 0 Å². The molecule has 0 atom stereocenters. The molecule has 1 aromatic carbocycles. The van der Waals surface area contributed by atoms with E-state index in [1.165, 1.54) is 4.57 Å². The van der Waals surface area contributed by atoms with E-state index >= 15 is 0 Å². The molecule has 2 rings (SSSR count). The number of H-pyrrole nitrogens is 1. The smallest absolute Gasteiger partial charge is 0.277 e. The molecule has 2 aromatic rings. The Labute approximate surface area is 155 Å². The number of aromatic nitrogens is 2. The molecule has 9 heteroatoms. The van der Waals surface area contributed by atoms with Crippen molar-refractivity contribution >= 4 is 29.6 Å². The lowest BCUT2D eigenvalue weighted by Gasteiger charge is -2.16. The molecule has 4 N–H and O–H groups in total. The van der Waals surface area contributed by atoms with Crippen molar-refractivity contribution in [3.8, 4) is 11.5 Å². The van der Waals surface area contributed by atoms with Gasteiger partial charge >= 0.3 is 0 Å². The standard InChI is InChI=1S/C17H22N4O4S/c1-9(2)15(22)19-13-14(18)21(17(26)20-16(13)23)8-10-5-6-11(24-3)12(7-10)25-4/h5-7,9H,8,18H2,1-4H3,(H,19,22)(H,20,23,26). The molecule has 0 spiro atoms. The molecule has 0 radical (unpaired) electrons. The molecule has 1 amide bonds. The summed E-state index contributed by atoms with van der Waals surface area (Å²) in [7, 11) is 3.10.